The first kappa shape index (κ1) is 11.5. The van der Waals surface area contributed by atoms with E-state index in [1.807, 2.05) is 6.21 Å². The molecule has 0 spiro atoms. The standard InChI is InChI=1S/C11H16N6/c1-2-3-4-5-6-16-17-11-9-10(13-7-12-9)14-8-15-11/h6-8H,2-5H2,1H3,(H2,12,13,14,15,17). The van der Waals surface area contributed by atoms with Crippen molar-refractivity contribution in [3.05, 3.63) is 12.7 Å². The van der Waals surface area contributed by atoms with Crippen molar-refractivity contribution >= 4 is 23.2 Å². The lowest BCUT2D eigenvalue weighted by Gasteiger charge is -1.99. The number of hydrogen-bond acceptors (Lipinski definition) is 5. The van der Waals surface area contributed by atoms with Crippen LogP contribution in [0.15, 0.2) is 17.8 Å². The highest BCUT2D eigenvalue weighted by molar-refractivity contribution is 5.82. The Labute approximate surface area is 99.6 Å². The number of rotatable bonds is 6. The Balaban J connectivity index is 1.92. The third kappa shape index (κ3) is 2.99. The molecule has 6 nitrogen and oxygen atoms in total. The van der Waals surface area contributed by atoms with Gasteiger partial charge in [0.1, 0.15) is 11.8 Å². The van der Waals surface area contributed by atoms with E-state index < -0.39 is 0 Å². The van der Waals surface area contributed by atoms with Gasteiger partial charge in [-0.2, -0.15) is 5.10 Å². The fourth-order valence-electron chi connectivity index (χ4n) is 1.51. The molecule has 0 unspecified atom stereocenters. The Bertz CT molecular complexity index is 489. The molecule has 0 aliphatic heterocycles. The predicted octanol–water partition coefficient (Wildman–Crippen LogP) is 2.33. The maximum Gasteiger partial charge on any atom is 0.182 e. The number of H-pyrrole nitrogens is 1. The Kier molecular flexibility index (Phi) is 4.01. The molecule has 0 amide bonds. The van der Waals surface area contributed by atoms with Crippen LogP contribution in [0.4, 0.5) is 5.82 Å². The first-order chi connectivity index (χ1) is 8.42. The fraction of sp³-hybridized carbons (Fsp3) is 0.455. The lowest BCUT2D eigenvalue weighted by atomic mass is 10.2. The summed E-state index contributed by atoms with van der Waals surface area (Å²) in [6.45, 7) is 2.19. The van der Waals surface area contributed by atoms with Crippen LogP contribution >= 0.6 is 0 Å². The van der Waals surface area contributed by atoms with E-state index in [4.69, 9.17) is 0 Å². The molecule has 2 N–H and O–H groups in total. The van der Waals surface area contributed by atoms with Crippen molar-refractivity contribution in [3.8, 4) is 0 Å². The molecule has 0 aromatic carbocycles. The van der Waals surface area contributed by atoms with Crippen LogP contribution in [0.25, 0.3) is 11.2 Å². The van der Waals surface area contributed by atoms with E-state index in [-0.39, 0.29) is 0 Å². The minimum Gasteiger partial charge on any atom is -0.340 e. The van der Waals surface area contributed by atoms with Gasteiger partial charge in [-0.25, -0.2) is 15.0 Å². The summed E-state index contributed by atoms with van der Waals surface area (Å²) in [5.41, 5.74) is 4.32. The highest BCUT2D eigenvalue weighted by atomic mass is 15.3. The van der Waals surface area contributed by atoms with E-state index in [1.165, 1.54) is 25.6 Å². The van der Waals surface area contributed by atoms with Gasteiger partial charge in [0.15, 0.2) is 11.5 Å². The Morgan fingerprint density at radius 2 is 2.29 bits per heavy atom. The lowest BCUT2D eigenvalue weighted by Crippen LogP contribution is -1.95. The fourth-order valence-corrected chi connectivity index (χ4v) is 1.51. The summed E-state index contributed by atoms with van der Waals surface area (Å²) in [5, 5.41) is 4.13. The molecule has 0 saturated heterocycles. The summed E-state index contributed by atoms with van der Waals surface area (Å²) >= 11 is 0. The smallest absolute Gasteiger partial charge is 0.182 e. The number of fused-ring (bicyclic) bond motifs is 1. The number of hydrogen-bond donors (Lipinski definition) is 2. The molecule has 17 heavy (non-hydrogen) atoms. The molecule has 0 bridgehead atoms. The monoisotopic (exact) mass is 232 g/mol. The van der Waals surface area contributed by atoms with Crippen molar-refractivity contribution < 1.29 is 0 Å². The number of nitrogens with one attached hydrogen (secondary N) is 2. The van der Waals surface area contributed by atoms with Crippen molar-refractivity contribution in [2.45, 2.75) is 32.6 Å². The van der Waals surface area contributed by atoms with E-state index in [1.54, 1.807) is 6.33 Å². The molecule has 0 radical (unpaired) electrons. The average Bonchev–Trinajstić information content (AvgIpc) is 2.82. The molecule has 0 atom stereocenters. The maximum atomic E-state index is 4.13. The molecule has 0 aliphatic rings. The van der Waals surface area contributed by atoms with Gasteiger partial charge in [-0.3, -0.25) is 5.43 Å². The number of aromatic nitrogens is 4. The van der Waals surface area contributed by atoms with Crippen molar-refractivity contribution in [3.63, 3.8) is 0 Å². The third-order valence-electron chi connectivity index (χ3n) is 2.42. The van der Waals surface area contributed by atoms with Gasteiger partial charge in [0.05, 0.1) is 6.33 Å². The molecule has 0 fully saturated rings. The Morgan fingerprint density at radius 3 is 3.18 bits per heavy atom. The molecule has 0 saturated carbocycles. The van der Waals surface area contributed by atoms with Gasteiger partial charge < -0.3 is 4.98 Å². The molecule has 2 aromatic rings. The zero-order valence-electron chi connectivity index (χ0n) is 9.85. The van der Waals surface area contributed by atoms with E-state index in [0.29, 0.717) is 11.5 Å². The second-order valence-corrected chi connectivity index (χ2v) is 3.74. The zero-order valence-corrected chi connectivity index (χ0v) is 9.85. The van der Waals surface area contributed by atoms with E-state index in [9.17, 15) is 0 Å². The lowest BCUT2D eigenvalue weighted by molar-refractivity contribution is 0.746. The molecule has 2 rings (SSSR count). The number of hydrazone groups is 1. The van der Waals surface area contributed by atoms with Crippen molar-refractivity contribution in [1.29, 1.82) is 0 Å². The van der Waals surface area contributed by atoms with E-state index in [2.05, 4.69) is 37.4 Å². The van der Waals surface area contributed by atoms with Crippen LogP contribution in [0.1, 0.15) is 32.6 Å². The predicted molar refractivity (Wildman–Crippen MR) is 67.9 cm³/mol. The highest BCUT2D eigenvalue weighted by Gasteiger charge is 2.03. The van der Waals surface area contributed by atoms with Crippen molar-refractivity contribution in [2.75, 3.05) is 5.43 Å². The van der Waals surface area contributed by atoms with Gasteiger partial charge >= 0.3 is 0 Å². The van der Waals surface area contributed by atoms with Crippen LogP contribution in [0, 0.1) is 0 Å². The van der Waals surface area contributed by atoms with Crippen LogP contribution in [0.2, 0.25) is 0 Å². The van der Waals surface area contributed by atoms with Gasteiger partial charge in [-0.1, -0.05) is 19.8 Å². The largest absolute Gasteiger partial charge is 0.340 e. The van der Waals surface area contributed by atoms with Gasteiger partial charge in [0.2, 0.25) is 0 Å². The molecule has 6 heteroatoms. The van der Waals surface area contributed by atoms with E-state index >= 15 is 0 Å². The second-order valence-electron chi connectivity index (χ2n) is 3.74. The Hall–Kier alpha value is -1.98. The second kappa shape index (κ2) is 5.93. The number of aromatic amines is 1. The summed E-state index contributed by atoms with van der Waals surface area (Å²) < 4.78 is 0. The number of nitrogens with zero attached hydrogens (tertiary/aromatic N) is 4. The molecule has 90 valence electrons. The Morgan fingerprint density at radius 1 is 1.35 bits per heavy atom. The van der Waals surface area contributed by atoms with Crippen LogP contribution in [0.3, 0.4) is 0 Å². The number of unbranched alkanes of at least 4 members (excludes halogenated alkanes) is 3. The first-order valence-electron chi connectivity index (χ1n) is 5.83. The van der Waals surface area contributed by atoms with E-state index in [0.717, 1.165) is 11.9 Å². The zero-order chi connectivity index (χ0) is 11.9. The molecule has 2 aromatic heterocycles. The first-order valence-corrected chi connectivity index (χ1v) is 5.83. The summed E-state index contributed by atoms with van der Waals surface area (Å²) in [5.74, 6) is 0.652. The minimum atomic E-state index is 0.642. The van der Waals surface area contributed by atoms with Crippen molar-refractivity contribution in [2.24, 2.45) is 5.10 Å². The summed E-state index contributed by atoms with van der Waals surface area (Å²) in [6.07, 6.45) is 9.56. The normalized spacial score (nSPS) is 11.4. The average molecular weight is 232 g/mol. The topological polar surface area (TPSA) is 78.8 Å². The minimum absolute atomic E-state index is 0.642. The van der Waals surface area contributed by atoms with Gasteiger partial charge in [-0.15, -0.1) is 0 Å². The van der Waals surface area contributed by atoms with Crippen LogP contribution in [-0.2, 0) is 0 Å². The summed E-state index contributed by atoms with van der Waals surface area (Å²) in [4.78, 5) is 15.2. The quantitative estimate of drug-likeness (QED) is 0.455. The van der Waals surface area contributed by atoms with Crippen molar-refractivity contribution in [1.82, 2.24) is 19.9 Å². The molecule has 2 heterocycles. The number of imidazole rings is 1. The van der Waals surface area contributed by atoms with Crippen LogP contribution in [-0.4, -0.2) is 26.2 Å². The van der Waals surface area contributed by atoms with Gasteiger partial charge in [0, 0.05) is 6.21 Å². The summed E-state index contributed by atoms with van der Waals surface area (Å²) in [7, 11) is 0. The molecular formula is C11H16N6. The third-order valence-corrected chi connectivity index (χ3v) is 2.42. The molecular weight excluding hydrogens is 216 g/mol. The van der Waals surface area contributed by atoms with Crippen LogP contribution in [0.5, 0.6) is 0 Å². The highest BCUT2D eigenvalue weighted by Crippen LogP contribution is 2.13. The molecule has 0 aliphatic carbocycles. The van der Waals surface area contributed by atoms with Gasteiger partial charge in [0.25, 0.3) is 0 Å². The SMILES string of the molecule is CCCCCC=NNc1ncnc2nc[nH]c12. The maximum absolute atomic E-state index is 4.13. The summed E-state index contributed by atoms with van der Waals surface area (Å²) in [6, 6.07) is 0. The van der Waals surface area contributed by atoms with Gasteiger partial charge in [-0.05, 0) is 12.8 Å². The van der Waals surface area contributed by atoms with Crippen LogP contribution < -0.4 is 5.43 Å². The number of anilines is 1.